The molecule has 9 heteroatoms. The average molecular weight is 355 g/mol. The third kappa shape index (κ3) is 3.32. The van der Waals surface area contributed by atoms with Crippen molar-refractivity contribution in [1.82, 2.24) is 4.72 Å². The minimum Gasteiger partial charge on any atom is -0.593 e. The van der Waals surface area contributed by atoms with E-state index in [1.165, 1.54) is 12.1 Å². The highest BCUT2D eigenvalue weighted by Crippen LogP contribution is 2.25. The summed E-state index contributed by atoms with van der Waals surface area (Å²) < 4.78 is 54.1. The Hall–Kier alpha value is -2.23. The van der Waals surface area contributed by atoms with Crippen molar-refractivity contribution in [2.24, 2.45) is 0 Å². The summed E-state index contributed by atoms with van der Waals surface area (Å²) in [5, 5.41) is 5.34. The van der Waals surface area contributed by atoms with Crippen LogP contribution in [0.15, 0.2) is 35.2 Å². The van der Waals surface area contributed by atoms with Crippen LogP contribution in [0, 0.1) is 17.5 Å². The molecule has 0 radical (unpaired) electrons. The van der Waals surface area contributed by atoms with Crippen molar-refractivity contribution < 1.29 is 22.5 Å². The summed E-state index contributed by atoms with van der Waals surface area (Å²) in [7, 11) is 0. The maximum atomic E-state index is 13.2. The molecule has 3 rings (SSSR count). The Morgan fingerprint density at radius 2 is 1.83 bits per heavy atom. The lowest BCUT2D eigenvalue weighted by Gasteiger charge is -2.11. The summed E-state index contributed by atoms with van der Waals surface area (Å²) in [5.41, 5.74) is 0.565. The van der Waals surface area contributed by atoms with Gasteiger partial charge in [0.2, 0.25) is 0 Å². The molecule has 1 unspecified atom stereocenters. The molecule has 0 saturated heterocycles. The summed E-state index contributed by atoms with van der Waals surface area (Å²) in [6.45, 7) is 1.08. The van der Waals surface area contributed by atoms with Gasteiger partial charge < -0.3 is 15.2 Å². The van der Waals surface area contributed by atoms with Crippen LogP contribution in [0.5, 0.6) is 0 Å². The van der Waals surface area contributed by atoms with E-state index >= 15 is 0 Å². The maximum absolute atomic E-state index is 13.2. The number of carbonyl (C=O) groups excluding carboxylic acids is 1. The number of benzene rings is 2. The zero-order valence-corrected chi connectivity index (χ0v) is 13.0. The zero-order valence-electron chi connectivity index (χ0n) is 12.2. The number of hydrogen-bond acceptors (Lipinski definition) is 4. The number of rotatable bonds is 2. The van der Waals surface area contributed by atoms with Gasteiger partial charge in [-0.3, -0.25) is 4.79 Å². The number of halogens is 3. The van der Waals surface area contributed by atoms with Gasteiger partial charge in [-0.25, -0.2) is 13.2 Å². The minimum atomic E-state index is -1.61. The van der Waals surface area contributed by atoms with Crippen molar-refractivity contribution in [3.05, 3.63) is 53.3 Å². The van der Waals surface area contributed by atoms with E-state index in [0.29, 0.717) is 35.8 Å². The number of hydrogen-bond donors (Lipinski definition) is 3. The van der Waals surface area contributed by atoms with E-state index in [9.17, 15) is 22.5 Å². The van der Waals surface area contributed by atoms with Gasteiger partial charge in [-0.05, 0) is 12.1 Å². The van der Waals surface area contributed by atoms with Crippen molar-refractivity contribution in [3.8, 4) is 0 Å². The van der Waals surface area contributed by atoms with Crippen LogP contribution >= 0.6 is 0 Å². The Labute approximate surface area is 138 Å². The molecule has 1 amide bonds. The molecule has 24 heavy (non-hydrogen) atoms. The summed E-state index contributed by atoms with van der Waals surface area (Å²) >= 11 is -1.48. The van der Waals surface area contributed by atoms with E-state index < -0.39 is 34.7 Å². The number of carbonyl (C=O) groups is 1. The third-order valence-electron chi connectivity index (χ3n) is 3.36. The molecule has 5 nitrogen and oxygen atoms in total. The van der Waals surface area contributed by atoms with Crippen LogP contribution in [0.4, 0.5) is 24.5 Å². The average Bonchev–Trinajstić information content (AvgIpc) is 2.74. The van der Waals surface area contributed by atoms with Crippen LogP contribution < -0.4 is 15.4 Å². The van der Waals surface area contributed by atoms with E-state index in [4.69, 9.17) is 0 Å². The second-order valence-electron chi connectivity index (χ2n) is 5.01. The van der Waals surface area contributed by atoms with Crippen LogP contribution in [-0.4, -0.2) is 23.5 Å². The topological polar surface area (TPSA) is 76.2 Å². The van der Waals surface area contributed by atoms with Gasteiger partial charge in [-0.15, -0.1) is 4.72 Å². The first-order valence-electron chi connectivity index (χ1n) is 6.95. The summed E-state index contributed by atoms with van der Waals surface area (Å²) in [6, 6.07) is 5.87. The Balaban J connectivity index is 1.86. The summed E-state index contributed by atoms with van der Waals surface area (Å²) in [5.74, 6) is -5.07. The molecule has 0 aromatic heterocycles. The molecule has 2 aromatic carbocycles. The Morgan fingerprint density at radius 3 is 2.54 bits per heavy atom. The number of amides is 1. The lowest BCUT2D eigenvalue weighted by atomic mass is 10.2. The van der Waals surface area contributed by atoms with Gasteiger partial charge >= 0.3 is 0 Å². The summed E-state index contributed by atoms with van der Waals surface area (Å²) in [4.78, 5) is 12.6. The van der Waals surface area contributed by atoms with Gasteiger partial charge in [0.05, 0.1) is 23.6 Å². The van der Waals surface area contributed by atoms with E-state index in [-0.39, 0.29) is 11.3 Å². The number of fused-ring (bicyclic) bond motifs is 1. The van der Waals surface area contributed by atoms with Crippen LogP contribution in [0.25, 0.3) is 0 Å². The molecule has 0 spiro atoms. The van der Waals surface area contributed by atoms with Crippen LogP contribution in [0.2, 0.25) is 0 Å². The molecule has 1 heterocycles. The van der Waals surface area contributed by atoms with E-state index in [2.05, 4.69) is 15.4 Å². The van der Waals surface area contributed by atoms with Crippen molar-refractivity contribution in [3.63, 3.8) is 0 Å². The number of nitrogens with one attached hydrogen (secondary N) is 3. The highest BCUT2D eigenvalue weighted by Gasteiger charge is 2.22. The second-order valence-corrected chi connectivity index (χ2v) is 6.27. The summed E-state index contributed by atoms with van der Waals surface area (Å²) in [6.07, 6.45) is 0. The largest absolute Gasteiger partial charge is 0.593 e. The lowest BCUT2D eigenvalue weighted by molar-refractivity contribution is 0.102. The van der Waals surface area contributed by atoms with E-state index in [1.54, 1.807) is 6.07 Å². The van der Waals surface area contributed by atoms with Crippen LogP contribution in [0.3, 0.4) is 0 Å². The monoisotopic (exact) mass is 355 g/mol. The van der Waals surface area contributed by atoms with Crippen molar-refractivity contribution >= 4 is 28.6 Å². The molecule has 0 saturated carbocycles. The predicted octanol–water partition coefficient (Wildman–Crippen LogP) is 2.39. The first-order valence-corrected chi connectivity index (χ1v) is 8.10. The van der Waals surface area contributed by atoms with Gasteiger partial charge in [0.25, 0.3) is 5.91 Å². The predicted molar refractivity (Wildman–Crippen MR) is 83.6 cm³/mol. The molecule has 1 atom stereocenters. The van der Waals surface area contributed by atoms with Gasteiger partial charge in [-0.1, -0.05) is 0 Å². The fraction of sp³-hybridized carbons (Fsp3) is 0.133. The fourth-order valence-corrected chi connectivity index (χ4v) is 3.23. The third-order valence-corrected chi connectivity index (χ3v) is 4.56. The smallest absolute Gasteiger partial charge is 0.255 e. The lowest BCUT2D eigenvalue weighted by Crippen LogP contribution is -2.25. The highest BCUT2D eigenvalue weighted by molar-refractivity contribution is 7.89. The molecule has 126 valence electrons. The van der Waals surface area contributed by atoms with Crippen molar-refractivity contribution in [1.29, 1.82) is 0 Å². The zero-order chi connectivity index (χ0) is 17.3. The standard InChI is InChI=1S/C15H12F3N3O2S/c16-10-6-9(7-11(17)14(10)18)21-15(22)8-1-2-12-13(5-8)24(23)20-4-3-19-12/h1-2,5-7,19-20H,3-4H2,(H,21,22). The number of anilines is 2. The van der Waals surface area contributed by atoms with E-state index in [1.807, 2.05) is 0 Å². The van der Waals surface area contributed by atoms with E-state index in [0.717, 1.165) is 0 Å². The Morgan fingerprint density at radius 1 is 1.12 bits per heavy atom. The van der Waals surface area contributed by atoms with Crippen LogP contribution in [0.1, 0.15) is 10.4 Å². The first-order chi connectivity index (χ1) is 11.5. The van der Waals surface area contributed by atoms with Crippen molar-refractivity contribution in [2.45, 2.75) is 4.90 Å². The second kappa shape index (κ2) is 6.71. The fourth-order valence-electron chi connectivity index (χ4n) is 2.21. The normalized spacial score (nSPS) is 16.8. The Bertz CT molecular complexity index is 781. The molecular weight excluding hydrogens is 343 g/mol. The highest BCUT2D eigenvalue weighted by atomic mass is 32.2. The molecule has 1 aliphatic rings. The molecule has 1 aliphatic heterocycles. The SMILES string of the molecule is O=C(Nc1cc(F)c(F)c(F)c1)c1ccc2c(c1)[S+]([O-])NCCN2. The molecule has 0 aliphatic carbocycles. The molecule has 2 aromatic rings. The van der Waals surface area contributed by atoms with Gasteiger partial charge in [-0.2, -0.15) is 0 Å². The van der Waals surface area contributed by atoms with Gasteiger partial charge in [0.1, 0.15) is 0 Å². The molecular formula is C15H12F3N3O2S. The first kappa shape index (κ1) is 16.6. The van der Waals surface area contributed by atoms with Gasteiger partial charge in [0, 0.05) is 36.0 Å². The van der Waals surface area contributed by atoms with Gasteiger partial charge in [0.15, 0.2) is 22.3 Å². The van der Waals surface area contributed by atoms with Crippen molar-refractivity contribution in [2.75, 3.05) is 23.7 Å². The Kier molecular flexibility index (Phi) is 4.65. The molecule has 3 N–H and O–H groups in total. The maximum Gasteiger partial charge on any atom is 0.255 e. The van der Waals surface area contributed by atoms with Crippen LogP contribution in [-0.2, 0) is 11.4 Å². The molecule has 0 bridgehead atoms. The quantitative estimate of drug-likeness (QED) is 0.571. The minimum absolute atomic E-state index is 0.151. The molecule has 0 fully saturated rings.